The molecule has 0 radical (unpaired) electrons. The van der Waals surface area contributed by atoms with Crippen LogP contribution in [0.15, 0.2) is 42.5 Å². The summed E-state index contributed by atoms with van der Waals surface area (Å²) in [5.41, 5.74) is 4.62. The number of nitrogens with one attached hydrogen (secondary N) is 2. The van der Waals surface area contributed by atoms with Crippen LogP contribution in [0.5, 0.6) is 0 Å². The summed E-state index contributed by atoms with van der Waals surface area (Å²) in [4.78, 5) is 26.4. The quantitative estimate of drug-likeness (QED) is 0.223. The lowest BCUT2D eigenvalue weighted by Gasteiger charge is -2.40. The number of ether oxygens (including phenoxy) is 1. The summed E-state index contributed by atoms with van der Waals surface area (Å²) < 4.78 is 5.94. The molecule has 9 nitrogen and oxygen atoms in total. The minimum absolute atomic E-state index is 0.00774. The van der Waals surface area contributed by atoms with Crippen LogP contribution in [0.3, 0.4) is 0 Å². The van der Waals surface area contributed by atoms with E-state index in [0.29, 0.717) is 31.8 Å². The largest absolute Gasteiger partial charge is 0.387 e. The van der Waals surface area contributed by atoms with E-state index in [9.17, 15) is 24.9 Å². The SMILES string of the molecule is CS[C@H]1O[C@@H](c2ccc(C)c(Cc3ccc(CCCC(=O)NCC(=O)NCCN(C)C4CC4)cc3)c2)[C@H](O)[C@@H](O)[C@@H]1O. The van der Waals surface area contributed by atoms with Crippen molar-refractivity contribution in [2.75, 3.05) is 32.9 Å². The van der Waals surface area contributed by atoms with Gasteiger partial charge in [-0.1, -0.05) is 42.5 Å². The molecule has 2 aromatic rings. The lowest BCUT2D eigenvalue weighted by atomic mass is 9.91. The molecule has 1 aliphatic heterocycles. The number of thioether (sulfide) groups is 1. The minimum atomic E-state index is -1.28. The first-order valence-corrected chi connectivity index (χ1v) is 16.1. The Kier molecular flexibility index (Phi) is 11.8. The van der Waals surface area contributed by atoms with Gasteiger partial charge in [0.15, 0.2) is 0 Å². The summed E-state index contributed by atoms with van der Waals surface area (Å²) in [6.45, 7) is 3.46. The second-order valence-corrected chi connectivity index (χ2v) is 12.4. The standard InChI is InChI=1S/C32H45N3O6S/c1-20-7-12-23(31-29(39)28(38)30(40)32(41-31)42-3)18-24(20)17-22-10-8-21(9-11-22)5-4-6-26(36)34-19-27(37)33-15-16-35(2)25-13-14-25/h7-12,18,25,28-32,38-40H,4-6,13-17,19H2,1-3H3,(H,33,37)(H,34,36)/t28-,29-,30+,31+,32-/m1/s1. The van der Waals surface area contributed by atoms with Gasteiger partial charge in [-0.25, -0.2) is 0 Å². The predicted molar refractivity (Wildman–Crippen MR) is 164 cm³/mol. The third-order valence-corrected chi connectivity index (χ3v) is 9.05. The number of carbonyl (C=O) groups excluding carboxylic acids is 2. The summed E-state index contributed by atoms with van der Waals surface area (Å²) in [7, 11) is 2.07. The number of aliphatic hydroxyl groups is 3. The van der Waals surface area contributed by atoms with Crippen molar-refractivity contribution < 1.29 is 29.6 Å². The highest BCUT2D eigenvalue weighted by Gasteiger charge is 2.44. The van der Waals surface area contributed by atoms with E-state index in [1.807, 2.05) is 25.1 Å². The molecule has 1 aliphatic carbocycles. The third kappa shape index (κ3) is 9.02. The molecule has 0 aromatic heterocycles. The van der Waals surface area contributed by atoms with Crippen molar-refractivity contribution in [1.82, 2.24) is 15.5 Å². The van der Waals surface area contributed by atoms with E-state index in [4.69, 9.17) is 4.74 Å². The smallest absolute Gasteiger partial charge is 0.239 e. The number of hydrogen-bond donors (Lipinski definition) is 5. The van der Waals surface area contributed by atoms with Gasteiger partial charge in [0, 0.05) is 25.6 Å². The summed E-state index contributed by atoms with van der Waals surface area (Å²) in [6.07, 6.45) is 2.42. The van der Waals surface area contributed by atoms with E-state index in [1.54, 1.807) is 6.26 Å². The molecule has 0 spiro atoms. The molecule has 1 saturated heterocycles. The molecule has 0 bridgehead atoms. The van der Waals surface area contributed by atoms with Crippen LogP contribution in [0.25, 0.3) is 0 Å². The van der Waals surface area contributed by atoms with E-state index < -0.39 is 29.9 Å². The average Bonchev–Trinajstić information content (AvgIpc) is 3.83. The highest BCUT2D eigenvalue weighted by Crippen LogP contribution is 2.36. The average molecular weight is 600 g/mol. The number of nitrogens with zero attached hydrogens (tertiary/aromatic N) is 1. The van der Waals surface area contributed by atoms with E-state index in [2.05, 4.69) is 46.8 Å². The Morgan fingerprint density at radius 2 is 1.69 bits per heavy atom. The third-order valence-electron chi connectivity index (χ3n) is 8.19. The van der Waals surface area contributed by atoms with Crippen molar-refractivity contribution in [2.24, 2.45) is 0 Å². The molecule has 5 N–H and O–H groups in total. The zero-order chi connectivity index (χ0) is 30.2. The number of amides is 2. The van der Waals surface area contributed by atoms with Gasteiger partial charge < -0.3 is 35.6 Å². The van der Waals surface area contributed by atoms with Crippen LogP contribution < -0.4 is 10.6 Å². The molecule has 2 fully saturated rings. The molecule has 10 heteroatoms. The predicted octanol–water partition coefficient (Wildman–Crippen LogP) is 2.08. The van der Waals surface area contributed by atoms with Gasteiger partial charge in [-0.3, -0.25) is 9.59 Å². The van der Waals surface area contributed by atoms with Crippen molar-refractivity contribution in [3.8, 4) is 0 Å². The number of likely N-dealkylation sites (N-methyl/N-ethyl adjacent to an activating group) is 1. The molecule has 4 rings (SSSR count). The number of carbonyl (C=O) groups is 2. The number of benzene rings is 2. The maximum Gasteiger partial charge on any atom is 0.239 e. The van der Waals surface area contributed by atoms with Gasteiger partial charge in [-0.2, -0.15) is 0 Å². The van der Waals surface area contributed by atoms with E-state index in [-0.39, 0.29) is 18.4 Å². The van der Waals surface area contributed by atoms with Gasteiger partial charge in [0.2, 0.25) is 11.8 Å². The molecule has 42 heavy (non-hydrogen) atoms. The Bertz CT molecular complexity index is 1190. The van der Waals surface area contributed by atoms with Crippen LogP contribution >= 0.6 is 11.8 Å². The Labute approximate surface area is 253 Å². The number of hydrogen-bond acceptors (Lipinski definition) is 8. The van der Waals surface area contributed by atoms with Crippen LogP contribution in [-0.2, 0) is 27.2 Å². The molecule has 2 aromatic carbocycles. The van der Waals surface area contributed by atoms with Gasteiger partial charge in [0.05, 0.1) is 6.54 Å². The van der Waals surface area contributed by atoms with Gasteiger partial charge in [-0.05, 0) is 80.1 Å². The van der Waals surface area contributed by atoms with Crippen molar-refractivity contribution in [3.05, 3.63) is 70.3 Å². The Hall–Kier alpha value is -2.47. The molecule has 1 heterocycles. The van der Waals surface area contributed by atoms with E-state index in [1.165, 1.54) is 24.6 Å². The Morgan fingerprint density at radius 1 is 0.976 bits per heavy atom. The van der Waals surface area contributed by atoms with Gasteiger partial charge >= 0.3 is 0 Å². The van der Waals surface area contributed by atoms with Crippen molar-refractivity contribution in [2.45, 2.75) is 81.3 Å². The molecule has 2 amide bonds. The van der Waals surface area contributed by atoms with Crippen molar-refractivity contribution in [3.63, 3.8) is 0 Å². The van der Waals surface area contributed by atoms with Crippen LogP contribution in [0.1, 0.15) is 59.6 Å². The topological polar surface area (TPSA) is 131 Å². The summed E-state index contributed by atoms with van der Waals surface area (Å²) in [5, 5.41) is 36.7. The van der Waals surface area contributed by atoms with Crippen molar-refractivity contribution >= 4 is 23.6 Å². The molecule has 2 aliphatic rings. The summed E-state index contributed by atoms with van der Waals surface area (Å²) >= 11 is 1.30. The molecule has 5 atom stereocenters. The number of aryl methyl sites for hydroxylation is 2. The van der Waals surface area contributed by atoms with Crippen LogP contribution in [0, 0.1) is 6.92 Å². The first kappa shape index (κ1) is 32.4. The van der Waals surface area contributed by atoms with Crippen LogP contribution in [0.4, 0.5) is 0 Å². The fraction of sp³-hybridized carbons (Fsp3) is 0.562. The monoisotopic (exact) mass is 599 g/mol. The second-order valence-electron chi connectivity index (χ2n) is 11.5. The van der Waals surface area contributed by atoms with Crippen molar-refractivity contribution in [1.29, 1.82) is 0 Å². The maximum atomic E-state index is 12.2. The maximum absolute atomic E-state index is 12.2. The van der Waals surface area contributed by atoms with Crippen LogP contribution in [-0.4, -0.2) is 94.8 Å². The molecule has 230 valence electrons. The summed E-state index contributed by atoms with van der Waals surface area (Å²) in [5.74, 6) is -0.280. The first-order valence-electron chi connectivity index (χ1n) is 14.8. The summed E-state index contributed by atoms with van der Waals surface area (Å²) in [6, 6.07) is 14.9. The van der Waals surface area contributed by atoms with E-state index in [0.717, 1.165) is 40.8 Å². The van der Waals surface area contributed by atoms with Gasteiger partial charge in [0.25, 0.3) is 0 Å². The number of aliphatic hydroxyl groups excluding tert-OH is 3. The fourth-order valence-electron chi connectivity index (χ4n) is 5.27. The Balaban J connectivity index is 1.21. The van der Waals surface area contributed by atoms with Gasteiger partial charge in [0.1, 0.15) is 29.9 Å². The molecular weight excluding hydrogens is 554 g/mol. The fourth-order valence-corrected chi connectivity index (χ4v) is 5.94. The highest BCUT2D eigenvalue weighted by molar-refractivity contribution is 7.99. The number of rotatable bonds is 14. The minimum Gasteiger partial charge on any atom is -0.387 e. The molecular formula is C32H45N3O6S. The van der Waals surface area contributed by atoms with Crippen LogP contribution in [0.2, 0.25) is 0 Å². The molecule has 1 saturated carbocycles. The van der Waals surface area contributed by atoms with E-state index >= 15 is 0 Å². The second kappa shape index (κ2) is 15.3. The zero-order valence-corrected chi connectivity index (χ0v) is 25.6. The lowest BCUT2D eigenvalue weighted by molar-refractivity contribution is -0.200. The normalized spacial score (nSPS) is 24.0. The highest BCUT2D eigenvalue weighted by atomic mass is 32.2. The Morgan fingerprint density at radius 3 is 2.38 bits per heavy atom. The first-order chi connectivity index (χ1) is 20.2. The molecule has 0 unspecified atom stereocenters. The zero-order valence-electron chi connectivity index (χ0n) is 24.8. The van der Waals surface area contributed by atoms with Gasteiger partial charge in [-0.15, -0.1) is 11.8 Å². The lowest BCUT2D eigenvalue weighted by Crippen LogP contribution is -2.52.